The molecule has 2 heterocycles. The Kier molecular flexibility index (Phi) is 8.43. The SMILES string of the molecule is Cc1nc(C)c(CNC(=O)c2ccnc(CN)c2)s1.Cl.Cl. The number of thiazole rings is 1. The standard InChI is InChI=1S/C13H16N4OS.2ClH/c1-8-12(19-9(2)17-8)7-16-13(18)10-3-4-15-11(5-10)6-14;;/h3-5H,6-7,14H2,1-2H3,(H,16,18);2*1H. The fraction of sp³-hybridized carbons (Fsp3) is 0.308. The van der Waals surface area contributed by atoms with Crippen LogP contribution in [0.2, 0.25) is 0 Å². The van der Waals surface area contributed by atoms with E-state index >= 15 is 0 Å². The molecular formula is C13H18Cl2N4OS. The molecule has 2 aromatic rings. The van der Waals surface area contributed by atoms with Gasteiger partial charge in [-0.1, -0.05) is 0 Å². The van der Waals surface area contributed by atoms with Gasteiger partial charge < -0.3 is 11.1 Å². The van der Waals surface area contributed by atoms with Crippen LogP contribution >= 0.6 is 36.2 Å². The Morgan fingerprint density at radius 3 is 2.67 bits per heavy atom. The number of rotatable bonds is 4. The molecule has 0 aliphatic heterocycles. The summed E-state index contributed by atoms with van der Waals surface area (Å²) in [6.07, 6.45) is 1.60. The summed E-state index contributed by atoms with van der Waals surface area (Å²) in [4.78, 5) is 21.5. The molecular weight excluding hydrogens is 331 g/mol. The van der Waals surface area contributed by atoms with Gasteiger partial charge in [0.25, 0.3) is 5.91 Å². The van der Waals surface area contributed by atoms with Crippen LogP contribution in [0.5, 0.6) is 0 Å². The first-order valence-corrected chi connectivity index (χ1v) is 6.78. The van der Waals surface area contributed by atoms with E-state index in [-0.39, 0.29) is 30.7 Å². The number of carbonyl (C=O) groups is 1. The highest BCUT2D eigenvalue weighted by molar-refractivity contribution is 7.11. The third kappa shape index (κ3) is 5.24. The van der Waals surface area contributed by atoms with E-state index in [1.54, 1.807) is 29.7 Å². The average Bonchev–Trinajstić information content (AvgIpc) is 2.74. The van der Waals surface area contributed by atoms with E-state index in [1.807, 2.05) is 13.8 Å². The third-order valence-corrected chi connectivity index (χ3v) is 3.77. The van der Waals surface area contributed by atoms with Crippen molar-refractivity contribution in [2.45, 2.75) is 26.9 Å². The van der Waals surface area contributed by atoms with Crippen LogP contribution in [-0.2, 0) is 13.1 Å². The lowest BCUT2D eigenvalue weighted by atomic mass is 10.2. The van der Waals surface area contributed by atoms with E-state index in [9.17, 15) is 4.79 Å². The largest absolute Gasteiger partial charge is 0.347 e. The second-order valence-corrected chi connectivity index (χ2v) is 5.45. The van der Waals surface area contributed by atoms with Crippen LogP contribution in [0.4, 0.5) is 0 Å². The van der Waals surface area contributed by atoms with Crippen molar-refractivity contribution in [3.8, 4) is 0 Å². The number of nitrogens with one attached hydrogen (secondary N) is 1. The zero-order valence-corrected chi connectivity index (χ0v) is 14.2. The van der Waals surface area contributed by atoms with Crippen LogP contribution in [0.1, 0.15) is 31.6 Å². The Bertz CT molecular complexity index is 604. The number of hydrogen-bond acceptors (Lipinski definition) is 5. The normalized spacial score (nSPS) is 9.48. The van der Waals surface area contributed by atoms with Crippen molar-refractivity contribution in [1.82, 2.24) is 15.3 Å². The molecule has 0 bridgehead atoms. The summed E-state index contributed by atoms with van der Waals surface area (Å²) in [5.41, 5.74) is 7.76. The molecule has 0 atom stereocenters. The molecule has 0 unspecified atom stereocenters. The highest BCUT2D eigenvalue weighted by atomic mass is 35.5. The van der Waals surface area contributed by atoms with E-state index in [4.69, 9.17) is 5.73 Å². The predicted molar refractivity (Wildman–Crippen MR) is 89.4 cm³/mol. The number of hydrogen-bond donors (Lipinski definition) is 2. The maximum atomic E-state index is 12.0. The molecule has 5 nitrogen and oxygen atoms in total. The second kappa shape index (κ2) is 8.94. The van der Waals surface area contributed by atoms with E-state index in [1.165, 1.54) is 0 Å². The maximum absolute atomic E-state index is 12.0. The topological polar surface area (TPSA) is 80.9 Å². The number of aromatic nitrogens is 2. The van der Waals surface area contributed by atoms with Crippen LogP contribution in [0.15, 0.2) is 18.3 Å². The van der Waals surface area contributed by atoms with E-state index in [2.05, 4.69) is 15.3 Å². The van der Waals surface area contributed by atoms with Gasteiger partial charge in [0, 0.05) is 23.2 Å². The molecule has 1 amide bonds. The van der Waals surface area contributed by atoms with Gasteiger partial charge in [-0.3, -0.25) is 9.78 Å². The lowest BCUT2D eigenvalue weighted by Crippen LogP contribution is -2.23. The molecule has 2 rings (SSSR count). The fourth-order valence-corrected chi connectivity index (χ4v) is 2.61. The molecule has 0 aliphatic carbocycles. The molecule has 0 saturated carbocycles. The number of halogens is 2. The maximum Gasteiger partial charge on any atom is 0.251 e. The second-order valence-electron chi connectivity index (χ2n) is 4.16. The van der Waals surface area contributed by atoms with Gasteiger partial charge in [-0.25, -0.2) is 4.98 Å². The van der Waals surface area contributed by atoms with Crippen LogP contribution in [0.3, 0.4) is 0 Å². The van der Waals surface area contributed by atoms with Crippen molar-refractivity contribution in [2.24, 2.45) is 5.73 Å². The zero-order valence-electron chi connectivity index (χ0n) is 11.8. The van der Waals surface area contributed by atoms with Crippen LogP contribution in [0, 0.1) is 13.8 Å². The molecule has 0 aromatic carbocycles. The Hall–Kier alpha value is -1.21. The molecule has 3 N–H and O–H groups in total. The number of nitrogens with zero attached hydrogens (tertiary/aromatic N) is 2. The number of carbonyl (C=O) groups excluding carboxylic acids is 1. The Morgan fingerprint density at radius 1 is 1.38 bits per heavy atom. The summed E-state index contributed by atoms with van der Waals surface area (Å²) in [6.45, 7) is 4.73. The summed E-state index contributed by atoms with van der Waals surface area (Å²) < 4.78 is 0. The summed E-state index contributed by atoms with van der Waals surface area (Å²) in [5, 5.41) is 3.89. The van der Waals surface area contributed by atoms with Crippen molar-refractivity contribution in [3.63, 3.8) is 0 Å². The highest BCUT2D eigenvalue weighted by Crippen LogP contribution is 2.16. The first kappa shape index (κ1) is 19.8. The Labute approximate surface area is 140 Å². The van der Waals surface area contributed by atoms with Crippen LogP contribution in [0.25, 0.3) is 0 Å². The van der Waals surface area contributed by atoms with Crippen LogP contribution < -0.4 is 11.1 Å². The Balaban J connectivity index is 0.00000200. The van der Waals surface area contributed by atoms with Gasteiger partial charge in [0.05, 0.1) is 22.9 Å². The molecule has 8 heteroatoms. The Morgan fingerprint density at radius 2 is 2.10 bits per heavy atom. The lowest BCUT2D eigenvalue weighted by Gasteiger charge is -2.05. The minimum atomic E-state index is -0.123. The third-order valence-electron chi connectivity index (χ3n) is 2.70. The molecule has 116 valence electrons. The van der Waals surface area contributed by atoms with Gasteiger partial charge in [-0.2, -0.15) is 0 Å². The van der Waals surface area contributed by atoms with Gasteiger partial charge in [0.1, 0.15) is 0 Å². The molecule has 21 heavy (non-hydrogen) atoms. The minimum Gasteiger partial charge on any atom is -0.347 e. The summed E-state index contributed by atoms with van der Waals surface area (Å²) in [6, 6.07) is 3.39. The predicted octanol–water partition coefficient (Wildman–Crippen LogP) is 2.39. The smallest absolute Gasteiger partial charge is 0.251 e. The number of aryl methyl sites for hydroxylation is 2. The van der Waals surface area contributed by atoms with Gasteiger partial charge in [-0.05, 0) is 26.0 Å². The fourth-order valence-electron chi connectivity index (χ4n) is 1.73. The molecule has 2 aromatic heterocycles. The number of nitrogens with two attached hydrogens (primary N) is 1. The van der Waals surface area contributed by atoms with Crippen molar-refractivity contribution in [2.75, 3.05) is 0 Å². The zero-order chi connectivity index (χ0) is 13.8. The lowest BCUT2D eigenvalue weighted by molar-refractivity contribution is 0.0951. The summed E-state index contributed by atoms with van der Waals surface area (Å²) in [7, 11) is 0. The van der Waals surface area contributed by atoms with Gasteiger partial charge >= 0.3 is 0 Å². The first-order valence-electron chi connectivity index (χ1n) is 5.96. The molecule has 0 fully saturated rings. The highest BCUT2D eigenvalue weighted by Gasteiger charge is 2.09. The number of pyridine rings is 1. The summed E-state index contributed by atoms with van der Waals surface area (Å²) >= 11 is 1.60. The van der Waals surface area contributed by atoms with E-state index < -0.39 is 0 Å². The van der Waals surface area contributed by atoms with Crippen molar-refractivity contribution >= 4 is 42.1 Å². The van der Waals surface area contributed by atoms with E-state index in [0.29, 0.717) is 24.3 Å². The van der Waals surface area contributed by atoms with Crippen molar-refractivity contribution in [3.05, 3.63) is 45.2 Å². The monoisotopic (exact) mass is 348 g/mol. The minimum absolute atomic E-state index is 0. The molecule has 0 saturated heterocycles. The molecule has 0 radical (unpaired) electrons. The first-order chi connectivity index (χ1) is 9.10. The van der Waals surface area contributed by atoms with E-state index in [0.717, 1.165) is 15.6 Å². The molecule has 0 spiro atoms. The molecule has 0 aliphatic rings. The number of amides is 1. The average molecular weight is 349 g/mol. The quantitative estimate of drug-likeness (QED) is 0.888. The van der Waals surface area contributed by atoms with Gasteiger partial charge in [0.2, 0.25) is 0 Å². The van der Waals surface area contributed by atoms with Crippen molar-refractivity contribution in [1.29, 1.82) is 0 Å². The summed E-state index contributed by atoms with van der Waals surface area (Å²) in [5.74, 6) is -0.123. The van der Waals surface area contributed by atoms with Gasteiger partial charge in [0.15, 0.2) is 0 Å². The van der Waals surface area contributed by atoms with Crippen molar-refractivity contribution < 1.29 is 4.79 Å². The van der Waals surface area contributed by atoms with Crippen LogP contribution in [-0.4, -0.2) is 15.9 Å². The van der Waals surface area contributed by atoms with Gasteiger partial charge in [-0.15, -0.1) is 36.2 Å².